The van der Waals surface area contributed by atoms with Crippen molar-refractivity contribution in [2.75, 3.05) is 13.2 Å². The molecular weight excluding hydrogens is 612 g/mol. The summed E-state index contributed by atoms with van der Waals surface area (Å²) in [5, 5.41) is 0. The number of hydrogen-bond acceptors (Lipinski definition) is 6. The van der Waals surface area contributed by atoms with Crippen molar-refractivity contribution in [2.45, 2.75) is 245 Å². The van der Waals surface area contributed by atoms with Crippen molar-refractivity contribution in [3.05, 3.63) is 0 Å². The van der Waals surface area contributed by atoms with Crippen LogP contribution in [0.1, 0.15) is 239 Å². The van der Waals surface area contributed by atoms with Crippen LogP contribution in [0, 0.1) is 0 Å². The fraction of sp³-hybridized carbons (Fsp3) is 0.930. The Morgan fingerprint density at radius 2 is 0.551 bits per heavy atom. The summed E-state index contributed by atoms with van der Waals surface area (Å²) in [5.74, 6) is -0.859. The fourth-order valence-corrected chi connectivity index (χ4v) is 6.32. The number of carbonyl (C=O) groups is 3. The second-order valence-corrected chi connectivity index (χ2v) is 14.6. The van der Waals surface area contributed by atoms with Crippen molar-refractivity contribution in [2.24, 2.45) is 0 Å². The number of rotatable bonds is 39. The molecule has 0 saturated heterocycles. The summed E-state index contributed by atoms with van der Waals surface area (Å²) in [4.78, 5) is 37.5. The minimum Gasteiger partial charge on any atom is -0.462 e. The standard InChI is InChI=1S/C43H82O6/c1-4-7-10-13-16-19-21-22-25-27-30-33-36-42(45)48-39-40(49-43(46)37-34-31-28-23-18-15-12-9-6-3)38-47-41(44)35-32-29-26-24-20-17-14-11-8-5-2/h40H,4-39H2,1-3H3/t40-/m1/s1. The van der Waals surface area contributed by atoms with E-state index in [-0.39, 0.29) is 31.1 Å². The van der Waals surface area contributed by atoms with Crippen molar-refractivity contribution in [1.82, 2.24) is 0 Å². The van der Waals surface area contributed by atoms with Gasteiger partial charge < -0.3 is 14.2 Å². The molecule has 0 aliphatic rings. The molecular formula is C43H82O6. The summed E-state index contributed by atoms with van der Waals surface area (Å²) >= 11 is 0. The zero-order valence-corrected chi connectivity index (χ0v) is 33.0. The molecule has 0 aliphatic heterocycles. The van der Waals surface area contributed by atoms with Gasteiger partial charge in [-0.1, -0.05) is 201 Å². The van der Waals surface area contributed by atoms with E-state index in [1.165, 1.54) is 141 Å². The molecule has 0 aromatic heterocycles. The Morgan fingerprint density at radius 1 is 0.327 bits per heavy atom. The number of ether oxygens (including phenoxy) is 3. The maximum absolute atomic E-state index is 12.6. The third-order valence-electron chi connectivity index (χ3n) is 9.61. The minimum atomic E-state index is -0.756. The topological polar surface area (TPSA) is 78.9 Å². The largest absolute Gasteiger partial charge is 0.462 e. The highest BCUT2D eigenvalue weighted by atomic mass is 16.6. The van der Waals surface area contributed by atoms with Crippen LogP contribution >= 0.6 is 0 Å². The molecule has 0 spiro atoms. The van der Waals surface area contributed by atoms with E-state index in [1.54, 1.807) is 0 Å². The molecule has 0 N–H and O–H groups in total. The molecule has 0 heterocycles. The van der Waals surface area contributed by atoms with Crippen LogP contribution in [0.15, 0.2) is 0 Å². The maximum Gasteiger partial charge on any atom is 0.306 e. The molecule has 0 unspecified atom stereocenters. The van der Waals surface area contributed by atoms with Crippen LogP contribution in [0.3, 0.4) is 0 Å². The molecule has 6 nitrogen and oxygen atoms in total. The summed E-state index contributed by atoms with van der Waals surface area (Å²) in [6.45, 7) is 6.61. The van der Waals surface area contributed by atoms with Gasteiger partial charge in [0.25, 0.3) is 0 Å². The molecule has 0 rings (SSSR count). The van der Waals surface area contributed by atoms with Crippen LogP contribution in [-0.2, 0) is 28.6 Å². The van der Waals surface area contributed by atoms with Crippen LogP contribution < -0.4 is 0 Å². The molecule has 0 amide bonds. The Bertz CT molecular complexity index is 723. The first-order chi connectivity index (χ1) is 24.0. The van der Waals surface area contributed by atoms with Crippen molar-refractivity contribution in [3.63, 3.8) is 0 Å². The van der Waals surface area contributed by atoms with Gasteiger partial charge in [0.1, 0.15) is 13.2 Å². The maximum atomic E-state index is 12.6. The first kappa shape index (κ1) is 47.4. The summed E-state index contributed by atoms with van der Waals surface area (Å²) in [7, 11) is 0. The van der Waals surface area contributed by atoms with Crippen LogP contribution in [0.2, 0.25) is 0 Å². The molecule has 0 aromatic carbocycles. The quantitative estimate of drug-likeness (QED) is 0.0362. The first-order valence-electron chi connectivity index (χ1n) is 21.5. The highest BCUT2D eigenvalue weighted by Crippen LogP contribution is 2.15. The molecule has 49 heavy (non-hydrogen) atoms. The van der Waals surface area contributed by atoms with Gasteiger partial charge in [-0.3, -0.25) is 14.4 Å². The smallest absolute Gasteiger partial charge is 0.306 e. The molecule has 0 aromatic rings. The van der Waals surface area contributed by atoms with Gasteiger partial charge >= 0.3 is 17.9 Å². The number of carbonyl (C=O) groups excluding carboxylic acids is 3. The van der Waals surface area contributed by atoms with E-state index in [0.29, 0.717) is 19.3 Å². The number of esters is 3. The predicted octanol–water partition coefficient (Wildman–Crippen LogP) is 13.3. The molecule has 0 aliphatic carbocycles. The zero-order valence-electron chi connectivity index (χ0n) is 33.0. The third kappa shape index (κ3) is 37.5. The summed E-state index contributed by atoms with van der Waals surface area (Å²) in [6.07, 6.45) is 38.0. The lowest BCUT2D eigenvalue weighted by atomic mass is 10.0. The molecule has 1 atom stereocenters. The van der Waals surface area contributed by atoms with Gasteiger partial charge in [-0.25, -0.2) is 0 Å². The van der Waals surface area contributed by atoms with Crippen molar-refractivity contribution in [1.29, 1.82) is 0 Å². The van der Waals surface area contributed by atoms with Crippen molar-refractivity contribution in [3.8, 4) is 0 Å². The van der Waals surface area contributed by atoms with Crippen LogP contribution in [0.25, 0.3) is 0 Å². The normalized spacial score (nSPS) is 11.8. The second kappa shape index (κ2) is 39.2. The lowest BCUT2D eigenvalue weighted by molar-refractivity contribution is -0.167. The Morgan fingerprint density at radius 3 is 0.816 bits per heavy atom. The number of unbranched alkanes of at least 4 members (excludes halogenated alkanes) is 28. The average molecular weight is 695 g/mol. The van der Waals surface area contributed by atoms with Gasteiger partial charge in [-0.15, -0.1) is 0 Å². The molecule has 0 fully saturated rings. The van der Waals surface area contributed by atoms with E-state index in [4.69, 9.17) is 14.2 Å². The van der Waals surface area contributed by atoms with E-state index < -0.39 is 6.10 Å². The fourth-order valence-electron chi connectivity index (χ4n) is 6.32. The summed E-state index contributed by atoms with van der Waals surface area (Å²) in [6, 6.07) is 0. The zero-order chi connectivity index (χ0) is 35.9. The lowest BCUT2D eigenvalue weighted by Crippen LogP contribution is -2.30. The highest BCUT2D eigenvalue weighted by molar-refractivity contribution is 5.71. The second-order valence-electron chi connectivity index (χ2n) is 14.6. The Labute approximate surface area is 304 Å². The summed E-state index contributed by atoms with van der Waals surface area (Å²) < 4.78 is 16.6. The predicted molar refractivity (Wildman–Crippen MR) is 206 cm³/mol. The Balaban J connectivity index is 4.31. The highest BCUT2D eigenvalue weighted by Gasteiger charge is 2.19. The van der Waals surface area contributed by atoms with Crippen LogP contribution in [-0.4, -0.2) is 37.2 Å². The third-order valence-corrected chi connectivity index (χ3v) is 9.61. The molecule has 290 valence electrons. The van der Waals surface area contributed by atoms with Gasteiger partial charge in [0.2, 0.25) is 0 Å². The molecule has 0 bridgehead atoms. The van der Waals surface area contributed by atoms with E-state index in [2.05, 4.69) is 20.8 Å². The van der Waals surface area contributed by atoms with Crippen LogP contribution in [0.4, 0.5) is 0 Å². The number of hydrogen-bond donors (Lipinski definition) is 0. The molecule has 0 saturated carbocycles. The Hall–Kier alpha value is -1.59. The van der Waals surface area contributed by atoms with E-state index in [9.17, 15) is 14.4 Å². The van der Waals surface area contributed by atoms with E-state index in [0.717, 1.165) is 57.8 Å². The van der Waals surface area contributed by atoms with Gasteiger partial charge in [-0.05, 0) is 19.3 Å². The van der Waals surface area contributed by atoms with E-state index >= 15 is 0 Å². The van der Waals surface area contributed by atoms with Gasteiger partial charge in [0.05, 0.1) is 0 Å². The Kier molecular flexibility index (Phi) is 37.9. The van der Waals surface area contributed by atoms with Gasteiger partial charge in [0, 0.05) is 19.3 Å². The molecule has 0 radical (unpaired) electrons. The monoisotopic (exact) mass is 695 g/mol. The van der Waals surface area contributed by atoms with Crippen molar-refractivity contribution < 1.29 is 28.6 Å². The molecule has 6 heteroatoms. The summed E-state index contributed by atoms with van der Waals surface area (Å²) in [5.41, 5.74) is 0. The van der Waals surface area contributed by atoms with E-state index in [1.807, 2.05) is 0 Å². The van der Waals surface area contributed by atoms with Crippen molar-refractivity contribution >= 4 is 17.9 Å². The SMILES string of the molecule is CCCCCCCCCCCCCCC(=O)OC[C@@H](COC(=O)CCCCCCCCCCCC)OC(=O)CCCCCCCCCCC. The first-order valence-corrected chi connectivity index (χ1v) is 21.5. The minimum absolute atomic E-state index is 0.0634. The lowest BCUT2D eigenvalue weighted by Gasteiger charge is -2.18. The van der Waals surface area contributed by atoms with Gasteiger partial charge in [-0.2, -0.15) is 0 Å². The van der Waals surface area contributed by atoms with Gasteiger partial charge in [0.15, 0.2) is 6.10 Å². The van der Waals surface area contributed by atoms with Crippen LogP contribution in [0.5, 0.6) is 0 Å². The average Bonchev–Trinajstić information content (AvgIpc) is 3.10.